The highest BCUT2D eigenvalue weighted by Gasteiger charge is 2.23. The van der Waals surface area contributed by atoms with Gasteiger partial charge in [0, 0.05) is 24.7 Å². The van der Waals surface area contributed by atoms with Crippen LogP contribution in [0.1, 0.15) is 50.2 Å². The van der Waals surface area contributed by atoms with E-state index in [1.807, 2.05) is 12.1 Å². The van der Waals surface area contributed by atoms with E-state index >= 15 is 0 Å². The van der Waals surface area contributed by atoms with Crippen molar-refractivity contribution in [3.05, 3.63) is 35.1 Å². The van der Waals surface area contributed by atoms with Crippen LogP contribution in [0.25, 0.3) is 0 Å². The highest BCUT2D eigenvalue weighted by molar-refractivity contribution is 5.25. The largest absolute Gasteiger partial charge is 0.326 e. The van der Waals surface area contributed by atoms with Crippen LogP contribution in [-0.2, 0) is 13.1 Å². The molecule has 0 spiro atoms. The average Bonchev–Trinajstić information content (AvgIpc) is 2.49. The molecular weight excluding hydrogens is 251 g/mol. The summed E-state index contributed by atoms with van der Waals surface area (Å²) in [6, 6.07) is 6.00. The summed E-state index contributed by atoms with van der Waals surface area (Å²) in [6.45, 7) is 3.45. The normalized spacial score (nSPS) is 23.2. The summed E-state index contributed by atoms with van der Waals surface area (Å²) in [7, 11) is 2.18. The monoisotopic (exact) mass is 278 g/mol. The Morgan fingerprint density at radius 3 is 2.55 bits per heavy atom. The lowest BCUT2D eigenvalue weighted by Gasteiger charge is -2.34. The van der Waals surface area contributed by atoms with Gasteiger partial charge < -0.3 is 5.73 Å². The van der Waals surface area contributed by atoms with Crippen molar-refractivity contribution in [2.45, 2.75) is 58.2 Å². The van der Waals surface area contributed by atoms with Gasteiger partial charge in [-0.1, -0.05) is 25.5 Å². The van der Waals surface area contributed by atoms with E-state index in [0.29, 0.717) is 11.6 Å². The third-order valence-corrected chi connectivity index (χ3v) is 4.78. The van der Waals surface area contributed by atoms with Gasteiger partial charge in [-0.25, -0.2) is 4.39 Å². The van der Waals surface area contributed by atoms with Crippen LogP contribution in [0, 0.1) is 11.7 Å². The smallest absolute Gasteiger partial charge is 0.127 e. The maximum Gasteiger partial charge on any atom is 0.127 e. The van der Waals surface area contributed by atoms with E-state index in [1.54, 1.807) is 6.07 Å². The van der Waals surface area contributed by atoms with Gasteiger partial charge in [-0.05, 0) is 50.3 Å². The van der Waals surface area contributed by atoms with E-state index in [4.69, 9.17) is 5.73 Å². The molecule has 0 amide bonds. The fourth-order valence-corrected chi connectivity index (χ4v) is 3.29. The maximum atomic E-state index is 13.5. The number of rotatable bonds is 5. The molecular formula is C17H27FN2. The molecule has 0 aliphatic heterocycles. The molecule has 1 aromatic rings. The maximum absolute atomic E-state index is 13.5. The van der Waals surface area contributed by atoms with Crippen molar-refractivity contribution in [2.75, 3.05) is 7.05 Å². The summed E-state index contributed by atoms with van der Waals surface area (Å²) >= 11 is 0. The molecule has 1 aromatic carbocycles. The third-order valence-electron chi connectivity index (χ3n) is 4.78. The fourth-order valence-electron chi connectivity index (χ4n) is 3.29. The van der Waals surface area contributed by atoms with Gasteiger partial charge >= 0.3 is 0 Å². The van der Waals surface area contributed by atoms with Gasteiger partial charge in [-0.3, -0.25) is 4.90 Å². The van der Waals surface area contributed by atoms with Crippen molar-refractivity contribution in [3.8, 4) is 0 Å². The van der Waals surface area contributed by atoms with E-state index in [-0.39, 0.29) is 12.4 Å². The van der Waals surface area contributed by atoms with Gasteiger partial charge in [-0.15, -0.1) is 0 Å². The quantitative estimate of drug-likeness (QED) is 0.890. The Labute approximate surface area is 122 Å². The van der Waals surface area contributed by atoms with E-state index in [9.17, 15) is 4.39 Å². The molecule has 0 aromatic heterocycles. The molecule has 0 unspecified atom stereocenters. The Hall–Kier alpha value is -0.930. The molecule has 3 heteroatoms. The SMILES string of the molecule is CCC1CCC(N(C)Cc2ccc(F)c(CN)c2)CC1. The van der Waals surface area contributed by atoms with Crippen LogP contribution in [0.2, 0.25) is 0 Å². The second kappa shape index (κ2) is 7.19. The fraction of sp³-hybridized carbons (Fsp3) is 0.647. The molecule has 1 fully saturated rings. The van der Waals surface area contributed by atoms with Gasteiger partial charge in [0.15, 0.2) is 0 Å². The number of nitrogens with two attached hydrogens (primary N) is 1. The summed E-state index contributed by atoms with van der Waals surface area (Å²) in [5.41, 5.74) is 7.35. The first-order valence-corrected chi connectivity index (χ1v) is 7.81. The third kappa shape index (κ3) is 3.80. The first kappa shape index (κ1) is 15.5. The lowest BCUT2D eigenvalue weighted by atomic mass is 9.84. The molecule has 20 heavy (non-hydrogen) atoms. The summed E-state index contributed by atoms with van der Waals surface area (Å²) in [6.07, 6.45) is 6.60. The summed E-state index contributed by atoms with van der Waals surface area (Å²) < 4.78 is 13.5. The van der Waals surface area contributed by atoms with E-state index in [2.05, 4.69) is 18.9 Å². The van der Waals surface area contributed by atoms with Crippen LogP contribution in [0.3, 0.4) is 0 Å². The molecule has 2 nitrogen and oxygen atoms in total. The Balaban J connectivity index is 1.93. The number of hydrogen-bond acceptors (Lipinski definition) is 2. The molecule has 0 radical (unpaired) electrons. The first-order chi connectivity index (χ1) is 9.63. The number of benzene rings is 1. The standard InChI is InChI=1S/C17H27FN2/c1-3-13-4-7-16(8-5-13)20(2)12-14-6-9-17(18)15(10-14)11-19/h6,9-10,13,16H,3-5,7-8,11-12,19H2,1-2H3. The summed E-state index contributed by atoms with van der Waals surface area (Å²) in [4.78, 5) is 2.42. The molecule has 0 saturated heterocycles. The second-order valence-electron chi connectivity index (χ2n) is 6.13. The molecule has 1 aliphatic carbocycles. The number of nitrogens with zero attached hydrogens (tertiary/aromatic N) is 1. The van der Waals surface area contributed by atoms with Crippen molar-refractivity contribution < 1.29 is 4.39 Å². The molecule has 0 bridgehead atoms. The Bertz CT molecular complexity index is 425. The predicted molar refractivity (Wildman–Crippen MR) is 81.8 cm³/mol. The molecule has 2 N–H and O–H groups in total. The highest BCUT2D eigenvalue weighted by Crippen LogP contribution is 2.29. The van der Waals surface area contributed by atoms with Gasteiger partial charge in [0.05, 0.1) is 0 Å². The zero-order valence-corrected chi connectivity index (χ0v) is 12.7. The van der Waals surface area contributed by atoms with Crippen LogP contribution in [0.15, 0.2) is 18.2 Å². The van der Waals surface area contributed by atoms with Gasteiger partial charge in [0.1, 0.15) is 5.82 Å². The highest BCUT2D eigenvalue weighted by atomic mass is 19.1. The van der Waals surface area contributed by atoms with Gasteiger partial charge in [-0.2, -0.15) is 0 Å². The average molecular weight is 278 g/mol. The van der Waals surface area contributed by atoms with Gasteiger partial charge in [0.25, 0.3) is 0 Å². The minimum Gasteiger partial charge on any atom is -0.326 e. The lowest BCUT2D eigenvalue weighted by molar-refractivity contribution is 0.157. The van der Waals surface area contributed by atoms with Crippen LogP contribution in [0.5, 0.6) is 0 Å². The zero-order valence-electron chi connectivity index (χ0n) is 12.7. The molecule has 1 saturated carbocycles. The Kier molecular flexibility index (Phi) is 5.55. The first-order valence-electron chi connectivity index (χ1n) is 7.81. The summed E-state index contributed by atoms with van der Waals surface area (Å²) in [5.74, 6) is 0.733. The zero-order chi connectivity index (χ0) is 14.5. The van der Waals surface area contributed by atoms with Crippen molar-refractivity contribution in [2.24, 2.45) is 11.7 Å². The van der Waals surface area contributed by atoms with Crippen molar-refractivity contribution >= 4 is 0 Å². The van der Waals surface area contributed by atoms with Crippen LogP contribution >= 0.6 is 0 Å². The van der Waals surface area contributed by atoms with Gasteiger partial charge in [0.2, 0.25) is 0 Å². The summed E-state index contributed by atoms with van der Waals surface area (Å²) in [5, 5.41) is 0. The van der Waals surface area contributed by atoms with E-state index < -0.39 is 0 Å². The van der Waals surface area contributed by atoms with Crippen LogP contribution in [-0.4, -0.2) is 18.0 Å². The molecule has 0 atom stereocenters. The van der Waals surface area contributed by atoms with Crippen molar-refractivity contribution in [1.82, 2.24) is 4.90 Å². The predicted octanol–water partition coefficient (Wildman–Crippen LogP) is 3.69. The Morgan fingerprint density at radius 2 is 1.95 bits per heavy atom. The minimum atomic E-state index is -0.192. The van der Waals surface area contributed by atoms with E-state index in [1.165, 1.54) is 32.1 Å². The van der Waals surface area contributed by atoms with Crippen molar-refractivity contribution in [3.63, 3.8) is 0 Å². The molecule has 112 valence electrons. The topological polar surface area (TPSA) is 29.3 Å². The molecule has 0 heterocycles. The van der Waals surface area contributed by atoms with Crippen LogP contribution < -0.4 is 5.73 Å². The van der Waals surface area contributed by atoms with E-state index in [0.717, 1.165) is 18.0 Å². The second-order valence-corrected chi connectivity index (χ2v) is 6.13. The number of hydrogen-bond donors (Lipinski definition) is 1. The molecule has 1 aliphatic rings. The number of halogens is 1. The van der Waals surface area contributed by atoms with Crippen LogP contribution in [0.4, 0.5) is 4.39 Å². The van der Waals surface area contributed by atoms with Crippen molar-refractivity contribution in [1.29, 1.82) is 0 Å². The Morgan fingerprint density at radius 1 is 1.25 bits per heavy atom. The molecule has 2 rings (SSSR count). The minimum absolute atomic E-state index is 0.192. The lowest BCUT2D eigenvalue weighted by Crippen LogP contribution is -2.34.